The Morgan fingerprint density at radius 1 is 1.12 bits per heavy atom. The van der Waals surface area contributed by atoms with Gasteiger partial charge >= 0.3 is 0 Å². The van der Waals surface area contributed by atoms with E-state index in [0.29, 0.717) is 11.6 Å². The van der Waals surface area contributed by atoms with Gasteiger partial charge < -0.3 is 9.64 Å². The van der Waals surface area contributed by atoms with Crippen LogP contribution in [0, 0.1) is 5.92 Å². The van der Waals surface area contributed by atoms with Crippen LogP contribution in [0.2, 0.25) is 0 Å². The van der Waals surface area contributed by atoms with Gasteiger partial charge in [0.05, 0.1) is 6.61 Å². The maximum Gasteiger partial charge on any atom is 0.253 e. The lowest BCUT2D eigenvalue weighted by Gasteiger charge is -2.47. The van der Waals surface area contributed by atoms with Crippen LogP contribution in [0.3, 0.4) is 0 Å². The Morgan fingerprint density at radius 3 is 2.48 bits per heavy atom. The number of hydrogen-bond acceptors (Lipinski definition) is 3. The molecule has 1 aromatic rings. The van der Waals surface area contributed by atoms with Gasteiger partial charge in [0.1, 0.15) is 0 Å². The highest BCUT2D eigenvalue weighted by Gasteiger charge is 2.49. The third-order valence-corrected chi connectivity index (χ3v) is 6.51. The Kier molecular flexibility index (Phi) is 4.83. The van der Waals surface area contributed by atoms with Gasteiger partial charge in [0.2, 0.25) is 0 Å². The number of nitrogens with zero attached hydrogens (tertiary/aromatic N) is 2. The molecule has 3 aliphatic rings. The molecule has 4 rings (SSSR count). The number of likely N-dealkylation sites (tertiary alicyclic amines) is 2. The maximum absolute atomic E-state index is 12.7. The van der Waals surface area contributed by atoms with Gasteiger partial charge in [0.25, 0.3) is 5.91 Å². The summed E-state index contributed by atoms with van der Waals surface area (Å²) in [4.78, 5) is 17.6. The average Bonchev–Trinajstić information content (AvgIpc) is 3.43. The van der Waals surface area contributed by atoms with Gasteiger partial charge in [-0.2, -0.15) is 0 Å². The van der Waals surface area contributed by atoms with E-state index in [1.807, 2.05) is 37.4 Å². The van der Waals surface area contributed by atoms with Crippen LogP contribution < -0.4 is 0 Å². The molecule has 4 heteroatoms. The van der Waals surface area contributed by atoms with Crippen molar-refractivity contribution in [2.75, 3.05) is 33.4 Å². The number of ether oxygens (including phenoxy) is 1. The minimum atomic E-state index is 0.190. The molecule has 4 nitrogen and oxygen atoms in total. The highest BCUT2D eigenvalue weighted by molar-refractivity contribution is 5.94. The van der Waals surface area contributed by atoms with E-state index < -0.39 is 0 Å². The van der Waals surface area contributed by atoms with Crippen LogP contribution >= 0.6 is 0 Å². The zero-order valence-corrected chi connectivity index (χ0v) is 15.3. The van der Waals surface area contributed by atoms with Crippen LogP contribution in [0.5, 0.6) is 0 Å². The number of rotatable bonds is 5. The Morgan fingerprint density at radius 2 is 1.84 bits per heavy atom. The Hall–Kier alpha value is -1.39. The lowest BCUT2D eigenvalue weighted by Crippen LogP contribution is -2.56. The first kappa shape index (κ1) is 17.0. The lowest BCUT2D eigenvalue weighted by molar-refractivity contribution is 0.00912. The van der Waals surface area contributed by atoms with Crippen LogP contribution in [-0.2, 0) is 4.74 Å². The van der Waals surface area contributed by atoms with Gasteiger partial charge in [-0.15, -0.1) is 0 Å². The first-order valence-corrected chi connectivity index (χ1v) is 9.82. The molecular weight excluding hydrogens is 312 g/mol. The molecule has 25 heavy (non-hydrogen) atoms. The number of carbonyl (C=O) groups is 1. The number of hydrogen-bond donors (Lipinski definition) is 0. The average molecular weight is 342 g/mol. The van der Waals surface area contributed by atoms with Gasteiger partial charge in [-0.05, 0) is 56.6 Å². The summed E-state index contributed by atoms with van der Waals surface area (Å²) in [6.45, 7) is 3.85. The molecule has 1 saturated carbocycles. The molecule has 3 fully saturated rings. The second-order valence-corrected chi connectivity index (χ2v) is 8.13. The van der Waals surface area contributed by atoms with Crippen LogP contribution in [-0.4, -0.2) is 60.6 Å². The maximum atomic E-state index is 12.7. The molecule has 0 radical (unpaired) electrons. The van der Waals surface area contributed by atoms with Crippen molar-refractivity contribution in [2.45, 2.75) is 50.1 Å². The number of amides is 1. The molecular formula is C21H30N2O2. The summed E-state index contributed by atoms with van der Waals surface area (Å²) in [7, 11) is 1.82. The first-order chi connectivity index (χ1) is 12.2. The second kappa shape index (κ2) is 7.08. The van der Waals surface area contributed by atoms with E-state index in [9.17, 15) is 4.79 Å². The van der Waals surface area contributed by atoms with Gasteiger partial charge in [-0.3, -0.25) is 9.69 Å². The van der Waals surface area contributed by atoms with Gasteiger partial charge in [-0.1, -0.05) is 18.2 Å². The number of methoxy groups -OCH3 is 1. The van der Waals surface area contributed by atoms with Gasteiger partial charge in [-0.25, -0.2) is 0 Å². The van der Waals surface area contributed by atoms with Gasteiger partial charge in [0, 0.05) is 43.9 Å². The van der Waals surface area contributed by atoms with Crippen LogP contribution in [0.15, 0.2) is 30.3 Å². The molecule has 1 amide bonds. The molecule has 2 heterocycles. The Bertz CT molecular complexity index is 591. The van der Waals surface area contributed by atoms with E-state index in [0.717, 1.165) is 44.0 Å². The van der Waals surface area contributed by atoms with Crippen molar-refractivity contribution in [3.8, 4) is 0 Å². The van der Waals surface area contributed by atoms with E-state index in [1.54, 1.807) is 0 Å². The highest BCUT2D eigenvalue weighted by atomic mass is 16.5. The van der Waals surface area contributed by atoms with Crippen molar-refractivity contribution in [1.29, 1.82) is 0 Å². The summed E-state index contributed by atoms with van der Waals surface area (Å²) in [5, 5.41) is 0. The van der Waals surface area contributed by atoms with Crippen LogP contribution in [0.25, 0.3) is 0 Å². The van der Waals surface area contributed by atoms with Crippen molar-refractivity contribution in [2.24, 2.45) is 5.92 Å². The zero-order chi connectivity index (χ0) is 17.3. The molecule has 2 aliphatic heterocycles. The molecule has 1 spiro atoms. The van der Waals surface area contributed by atoms with E-state index in [1.165, 1.54) is 32.2 Å². The minimum Gasteiger partial charge on any atom is -0.383 e. The van der Waals surface area contributed by atoms with E-state index >= 15 is 0 Å². The fraction of sp³-hybridized carbons (Fsp3) is 0.667. The lowest BCUT2D eigenvalue weighted by atomic mass is 9.84. The topological polar surface area (TPSA) is 32.8 Å². The van der Waals surface area contributed by atoms with E-state index in [-0.39, 0.29) is 5.91 Å². The second-order valence-electron chi connectivity index (χ2n) is 8.13. The van der Waals surface area contributed by atoms with Crippen molar-refractivity contribution in [1.82, 2.24) is 9.80 Å². The first-order valence-electron chi connectivity index (χ1n) is 9.82. The molecule has 0 N–H and O–H groups in total. The van der Waals surface area contributed by atoms with E-state index in [2.05, 4.69) is 9.80 Å². The molecule has 136 valence electrons. The van der Waals surface area contributed by atoms with E-state index in [4.69, 9.17) is 4.74 Å². The van der Waals surface area contributed by atoms with Gasteiger partial charge in [0.15, 0.2) is 0 Å². The van der Waals surface area contributed by atoms with Crippen LogP contribution in [0.1, 0.15) is 48.9 Å². The summed E-state index contributed by atoms with van der Waals surface area (Å²) in [5.41, 5.74) is 1.12. The Labute approximate surface area is 151 Å². The van der Waals surface area contributed by atoms with Crippen LogP contribution in [0.4, 0.5) is 0 Å². The molecule has 1 unspecified atom stereocenters. The SMILES string of the molecule is COCC1CCC2(CCN(C(=O)c3ccccc3)CC2)N1CC1CC1. The quantitative estimate of drug-likeness (QED) is 0.824. The molecule has 0 aromatic heterocycles. The molecule has 1 aliphatic carbocycles. The van der Waals surface area contributed by atoms with Crippen molar-refractivity contribution in [3.05, 3.63) is 35.9 Å². The van der Waals surface area contributed by atoms with Crippen molar-refractivity contribution >= 4 is 5.91 Å². The smallest absolute Gasteiger partial charge is 0.253 e. The third kappa shape index (κ3) is 3.47. The largest absolute Gasteiger partial charge is 0.383 e. The summed E-state index contributed by atoms with van der Waals surface area (Å²) >= 11 is 0. The fourth-order valence-electron chi connectivity index (χ4n) is 4.84. The summed E-state index contributed by atoms with van der Waals surface area (Å²) < 4.78 is 5.50. The van der Waals surface area contributed by atoms with Crippen molar-refractivity contribution in [3.63, 3.8) is 0 Å². The standard InChI is InChI=1S/C21H30N2O2/c1-25-16-19-9-10-21(23(19)15-17-7-8-17)11-13-22(14-12-21)20(24)18-5-3-2-4-6-18/h2-6,17,19H,7-16H2,1H3. The normalized spacial score (nSPS) is 26.3. The zero-order valence-electron chi connectivity index (χ0n) is 15.3. The molecule has 1 atom stereocenters. The third-order valence-electron chi connectivity index (χ3n) is 6.51. The number of piperidine rings is 1. The number of carbonyl (C=O) groups excluding carboxylic acids is 1. The predicted octanol–water partition coefficient (Wildman–Crippen LogP) is 3.18. The summed E-state index contributed by atoms with van der Waals surface area (Å²) in [6, 6.07) is 10.3. The highest BCUT2D eigenvalue weighted by Crippen LogP contribution is 2.44. The Balaban J connectivity index is 1.43. The molecule has 0 bridgehead atoms. The number of benzene rings is 1. The summed E-state index contributed by atoms with van der Waals surface area (Å²) in [5.74, 6) is 1.09. The minimum absolute atomic E-state index is 0.190. The fourth-order valence-corrected chi connectivity index (χ4v) is 4.84. The molecule has 2 saturated heterocycles. The molecule has 1 aromatic carbocycles. The summed E-state index contributed by atoms with van der Waals surface area (Å²) in [6.07, 6.45) is 7.52. The monoisotopic (exact) mass is 342 g/mol. The predicted molar refractivity (Wildman–Crippen MR) is 98.6 cm³/mol. The van der Waals surface area contributed by atoms with Crippen molar-refractivity contribution < 1.29 is 9.53 Å².